The largest absolute Gasteiger partial charge is 0.497 e. The summed E-state index contributed by atoms with van der Waals surface area (Å²) in [7, 11) is 1.59. The number of carbonyl (C=O) groups excluding carboxylic acids is 2. The molecule has 2 aromatic rings. The van der Waals surface area contributed by atoms with Gasteiger partial charge in [0.1, 0.15) is 5.75 Å². The molecule has 2 rings (SSSR count). The molecule has 0 aliphatic carbocycles. The Kier molecular flexibility index (Phi) is 4.73. The molecule has 0 bridgehead atoms. The lowest BCUT2D eigenvalue weighted by Crippen LogP contribution is -2.16. The molecule has 0 aliphatic heterocycles. The smallest absolute Gasteiger partial charge is 0.372 e. The highest BCUT2D eigenvalue weighted by molar-refractivity contribution is 6.37. The van der Waals surface area contributed by atoms with Gasteiger partial charge in [-0.05, 0) is 23.8 Å². The molecule has 1 aromatic heterocycles. The third-order valence-corrected chi connectivity index (χ3v) is 3.18. The topological polar surface area (TPSA) is 96.5 Å². The van der Waals surface area contributed by atoms with Crippen molar-refractivity contribution in [3.8, 4) is 5.75 Å². The molecule has 114 valence electrons. The first kappa shape index (κ1) is 15.5. The van der Waals surface area contributed by atoms with Crippen LogP contribution in [0.5, 0.6) is 5.75 Å². The van der Waals surface area contributed by atoms with Crippen LogP contribution < -0.4 is 4.74 Å². The van der Waals surface area contributed by atoms with E-state index in [1.807, 2.05) is 24.3 Å². The summed E-state index contributed by atoms with van der Waals surface area (Å²) in [5, 5.41) is 8.50. The van der Waals surface area contributed by atoms with E-state index in [0.717, 1.165) is 17.0 Å². The zero-order valence-corrected chi connectivity index (χ0v) is 12.0. The summed E-state index contributed by atoms with van der Waals surface area (Å²) < 4.78 is 5.08. The number of aromatic nitrogens is 1. The number of Topliss-reactive ketones (excluding diaryl/α,β-unsaturated/α-hetero) is 2. The highest BCUT2D eigenvalue weighted by Gasteiger charge is 2.18. The summed E-state index contributed by atoms with van der Waals surface area (Å²) in [5.74, 6) is -2.45. The van der Waals surface area contributed by atoms with Gasteiger partial charge in [0.15, 0.2) is 5.78 Å². The molecule has 6 heteroatoms. The number of ketones is 2. The van der Waals surface area contributed by atoms with Gasteiger partial charge in [-0.1, -0.05) is 12.1 Å². The minimum atomic E-state index is -1.60. The van der Waals surface area contributed by atoms with Crippen LogP contribution in [0.4, 0.5) is 0 Å². The second-order valence-corrected chi connectivity index (χ2v) is 4.77. The number of ether oxygens (including phenoxy) is 1. The molecule has 0 aliphatic rings. The SMILES string of the molecule is COc1ccc(Cc2cc(C(=O)CC(=O)C(=O)O)c[nH]2)cc1. The number of carboxylic acid groups (broad SMARTS) is 1. The molecule has 0 saturated carbocycles. The fraction of sp³-hybridized carbons (Fsp3) is 0.188. The van der Waals surface area contributed by atoms with E-state index in [-0.39, 0.29) is 0 Å². The number of aliphatic carboxylic acids is 1. The van der Waals surface area contributed by atoms with Crippen LogP contribution in [0, 0.1) is 0 Å². The van der Waals surface area contributed by atoms with Crippen molar-refractivity contribution in [3.63, 3.8) is 0 Å². The Labute approximate surface area is 126 Å². The lowest BCUT2D eigenvalue weighted by molar-refractivity contribution is -0.148. The Morgan fingerprint density at radius 1 is 1.18 bits per heavy atom. The van der Waals surface area contributed by atoms with E-state index in [0.29, 0.717) is 12.0 Å². The molecule has 1 aromatic carbocycles. The molecule has 0 atom stereocenters. The maximum absolute atomic E-state index is 11.8. The van der Waals surface area contributed by atoms with Crippen LogP contribution >= 0.6 is 0 Å². The van der Waals surface area contributed by atoms with Crippen LogP contribution in [-0.4, -0.2) is 34.7 Å². The number of H-pyrrole nitrogens is 1. The molecule has 0 unspecified atom stereocenters. The molecule has 0 spiro atoms. The predicted molar refractivity (Wildman–Crippen MR) is 78.2 cm³/mol. The van der Waals surface area contributed by atoms with Gasteiger partial charge in [-0.25, -0.2) is 4.79 Å². The van der Waals surface area contributed by atoms with E-state index in [1.165, 1.54) is 6.20 Å². The average molecular weight is 301 g/mol. The van der Waals surface area contributed by atoms with Crippen molar-refractivity contribution in [2.24, 2.45) is 0 Å². The van der Waals surface area contributed by atoms with E-state index < -0.39 is 24.0 Å². The van der Waals surface area contributed by atoms with E-state index in [2.05, 4.69) is 4.98 Å². The fourth-order valence-electron chi connectivity index (χ4n) is 1.99. The maximum Gasteiger partial charge on any atom is 0.372 e. The van der Waals surface area contributed by atoms with Gasteiger partial charge in [-0.3, -0.25) is 9.59 Å². The molecule has 0 amide bonds. The van der Waals surface area contributed by atoms with Crippen LogP contribution in [0.25, 0.3) is 0 Å². The van der Waals surface area contributed by atoms with Gasteiger partial charge in [-0.2, -0.15) is 0 Å². The van der Waals surface area contributed by atoms with Crippen molar-refractivity contribution in [1.29, 1.82) is 0 Å². The molecule has 0 saturated heterocycles. The van der Waals surface area contributed by atoms with Crippen molar-refractivity contribution < 1.29 is 24.2 Å². The van der Waals surface area contributed by atoms with Crippen molar-refractivity contribution in [2.45, 2.75) is 12.8 Å². The lowest BCUT2D eigenvalue weighted by atomic mass is 10.1. The monoisotopic (exact) mass is 301 g/mol. The highest BCUT2D eigenvalue weighted by Crippen LogP contribution is 2.15. The molecular weight excluding hydrogens is 286 g/mol. The van der Waals surface area contributed by atoms with E-state index in [4.69, 9.17) is 9.84 Å². The van der Waals surface area contributed by atoms with Crippen LogP contribution in [-0.2, 0) is 16.0 Å². The van der Waals surface area contributed by atoms with Crippen molar-refractivity contribution in [1.82, 2.24) is 4.98 Å². The van der Waals surface area contributed by atoms with Crippen LogP contribution in [0.15, 0.2) is 36.5 Å². The summed E-state index contributed by atoms with van der Waals surface area (Å²) in [6.45, 7) is 0. The Hall–Kier alpha value is -2.89. The van der Waals surface area contributed by atoms with Gasteiger partial charge in [0.25, 0.3) is 0 Å². The first-order valence-electron chi connectivity index (χ1n) is 6.59. The number of hydrogen-bond acceptors (Lipinski definition) is 4. The maximum atomic E-state index is 11.8. The number of hydrogen-bond donors (Lipinski definition) is 2. The Morgan fingerprint density at radius 3 is 2.45 bits per heavy atom. The second kappa shape index (κ2) is 6.71. The number of methoxy groups -OCH3 is 1. The quantitative estimate of drug-likeness (QED) is 0.462. The van der Waals surface area contributed by atoms with Gasteiger partial charge in [0.2, 0.25) is 5.78 Å². The molecular formula is C16H15NO5. The van der Waals surface area contributed by atoms with Crippen LogP contribution in [0.1, 0.15) is 28.0 Å². The average Bonchev–Trinajstić information content (AvgIpc) is 2.96. The van der Waals surface area contributed by atoms with E-state index in [1.54, 1.807) is 13.2 Å². The van der Waals surface area contributed by atoms with Gasteiger partial charge in [0, 0.05) is 23.9 Å². The lowest BCUT2D eigenvalue weighted by Gasteiger charge is -2.02. The first-order valence-corrected chi connectivity index (χ1v) is 6.59. The fourth-order valence-corrected chi connectivity index (χ4v) is 1.99. The molecule has 2 N–H and O–H groups in total. The molecule has 0 radical (unpaired) electrons. The second-order valence-electron chi connectivity index (χ2n) is 4.77. The summed E-state index contributed by atoms with van der Waals surface area (Å²) >= 11 is 0. The van der Waals surface area contributed by atoms with E-state index in [9.17, 15) is 14.4 Å². The Bertz CT molecular complexity index is 700. The van der Waals surface area contributed by atoms with Gasteiger partial charge >= 0.3 is 5.97 Å². The first-order chi connectivity index (χ1) is 10.5. The van der Waals surface area contributed by atoms with Crippen LogP contribution in [0.2, 0.25) is 0 Å². The van der Waals surface area contributed by atoms with Crippen molar-refractivity contribution in [2.75, 3.05) is 7.11 Å². The Morgan fingerprint density at radius 2 is 1.86 bits per heavy atom. The van der Waals surface area contributed by atoms with Crippen molar-refractivity contribution in [3.05, 3.63) is 53.3 Å². The minimum Gasteiger partial charge on any atom is -0.497 e. The van der Waals surface area contributed by atoms with Crippen LogP contribution in [0.3, 0.4) is 0 Å². The van der Waals surface area contributed by atoms with E-state index >= 15 is 0 Å². The summed E-state index contributed by atoms with van der Waals surface area (Å²) in [4.78, 5) is 36.2. The number of aromatic amines is 1. The van der Waals surface area contributed by atoms with Gasteiger partial charge in [-0.15, -0.1) is 0 Å². The molecule has 0 fully saturated rings. The van der Waals surface area contributed by atoms with Gasteiger partial charge < -0.3 is 14.8 Å². The number of rotatable bonds is 7. The summed E-state index contributed by atoms with van der Waals surface area (Å²) in [6, 6.07) is 9.14. The molecule has 22 heavy (non-hydrogen) atoms. The third-order valence-electron chi connectivity index (χ3n) is 3.18. The molecule has 6 nitrogen and oxygen atoms in total. The van der Waals surface area contributed by atoms with Gasteiger partial charge in [0.05, 0.1) is 13.5 Å². The standard InChI is InChI=1S/C16H15NO5/c1-22-13-4-2-10(3-5-13)6-12-7-11(9-17-12)14(18)8-15(19)16(20)21/h2-5,7,9,17H,6,8H2,1H3,(H,20,21). The zero-order valence-electron chi connectivity index (χ0n) is 12.0. The zero-order chi connectivity index (χ0) is 16.1. The normalized spacial score (nSPS) is 10.2. The number of benzene rings is 1. The molecule has 1 heterocycles. The minimum absolute atomic E-state index is 0.304. The third kappa shape index (κ3) is 3.82. The summed E-state index contributed by atoms with van der Waals surface area (Å²) in [5.41, 5.74) is 2.14. The Balaban J connectivity index is 2.02. The highest BCUT2D eigenvalue weighted by atomic mass is 16.5. The number of carbonyl (C=O) groups is 3. The van der Waals surface area contributed by atoms with Crippen molar-refractivity contribution >= 4 is 17.5 Å². The number of carboxylic acids is 1. The summed E-state index contributed by atoms with van der Waals surface area (Å²) in [6.07, 6.45) is 1.44. The predicted octanol–water partition coefficient (Wildman–Crippen LogP) is 1.84. The number of nitrogens with one attached hydrogen (secondary N) is 1.